The van der Waals surface area contributed by atoms with Crippen molar-refractivity contribution in [3.8, 4) is 0 Å². The van der Waals surface area contributed by atoms with Crippen LogP contribution in [-0.4, -0.2) is 17.4 Å². The van der Waals surface area contributed by atoms with Crippen LogP contribution in [0.4, 0.5) is 0 Å². The van der Waals surface area contributed by atoms with Gasteiger partial charge in [-0.25, -0.2) is 13.2 Å². The molecule has 96 valence electrons. The predicted molar refractivity (Wildman–Crippen MR) is 71.6 cm³/mol. The monoisotopic (exact) mass is 274 g/mol. The number of rotatable bonds is 2. The molecule has 6 heteroatoms. The summed E-state index contributed by atoms with van der Waals surface area (Å²) in [4.78, 5) is 14.5. The summed E-state index contributed by atoms with van der Waals surface area (Å²) in [6, 6.07) is 14.6. The lowest BCUT2D eigenvalue weighted by Gasteiger charge is -2.05. The van der Waals surface area contributed by atoms with Crippen molar-refractivity contribution < 1.29 is 8.42 Å². The van der Waals surface area contributed by atoms with Gasteiger partial charge in [-0.15, -0.1) is 0 Å². The minimum Gasteiger partial charge on any atom is -0.305 e. The Morgan fingerprint density at radius 3 is 2.26 bits per heavy atom. The highest BCUT2D eigenvalue weighted by Crippen LogP contribution is 2.17. The molecular weight excluding hydrogens is 264 g/mol. The molecule has 0 aliphatic heterocycles. The molecule has 0 amide bonds. The number of benzene rings is 2. The molecule has 0 radical (unpaired) electrons. The van der Waals surface area contributed by atoms with Gasteiger partial charge in [-0.05, 0) is 24.3 Å². The molecule has 3 aromatic rings. The topological polar surface area (TPSA) is 71.9 Å². The smallest absolute Gasteiger partial charge is 0.305 e. The summed E-state index contributed by atoms with van der Waals surface area (Å²) in [5.74, 6) is 0. The fourth-order valence-corrected chi connectivity index (χ4v) is 3.36. The number of para-hydroxylation sites is 2. The molecule has 1 N–H and O–H groups in total. The van der Waals surface area contributed by atoms with E-state index in [0.717, 1.165) is 3.97 Å². The summed E-state index contributed by atoms with van der Waals surface area (Å²) in [7, 11) is -3.88. The molecule has 19 heavy (non-hydrogen) atoms. The van der Waals surface area contributed by atoms with Gasteiger partial charge >= 0.3 is 5.69 Å². The molecule has 0 saturated carbocycles. The summed E-state index contributed by atoms with van der Waals surface area (Å²) in [6.45, 7) is 0. The van der Waals surface area contributed by atoms with Crippen molar-refractivity contribution in [2.45, 2.75) is 4.90 Å². The third kappa shape index (κ3) is 1.77. The zero-order valence-electron chi connectivity index (χ0n) is 9.78. The zero-order chi connectivity index (χ0) is 13.5. The number of imidazole rings is 1. The lowest BCUT2D eigenvalue weighted by atomic mass is 10.3. The Kier molecular flexibility index (Phi) is 2.53. The third-order valence-electron chi connectivity index (χ3n) is 2.83. The molecule has 5 nitrogen and oxygen atoms in total. The number of hydrogen-bond acceptors (Lipinski definition) is 3. The summed E-state index contributed by atoms with van der Waals surface area (Å²) in [5.41, 5.74) is 0.174. The van der Waals surface area contributed by atoms with E-state index in [-0.39, 0.29) is 4.90 Å². The van der Waals surface area contributed by atoms with Gasteiger partial charge in [-0.1, -0.05) is 30.3 Å². The van der Waals surface area contributed by atoms with E-state index in [1.807, 2.05) is 0 Å². The van der Waals surface area contributed by atoms with Crippen molar-refractivity contribution in [1.29, 1.82) is 0 Å². The Hall–Kier alpha value is -2.34. The summed E-state index contributed by atoms with van der Waals surface area (Å²) >= 11 is 0. The van der Waals surface area contributed by atoms with Gasteiger partial charge in [0, 0.05) is 0 Å². The van der Waals surface area contributed by atoms with Crippen molar-refractivity contribution in [1.82, 2.24) is 8.96 Å². The Morgan fingerprint density at radius 1 is 0.895 bits per heavy atom. The van der Waals surface area contributed by atoms with Crippen LogP contribution in [0.1, 0.15) is 0 Å². The molecule has 0 unspecified atom stereocenters. The zero-order valence-corrected chi connectivity index (χ0v) is 10.6. The largest absolute Gasteiger partial charge is 0.340 e. The quantitative estimate of drug-likeness (QED) is 0.771. The highest BCUT2D eigenvalue weighted by molar-refractivity contribution is 7.90. The van der Waals surface area contributed by atoms with Gasteiger partial charge in [0.2, 0.25) is 0 Å². The normalized spacial score (nSPS) is 11.8. The van der Waals surface area contributed by atoms with E-state index < -0.39 is 15.7 Å². The van der Waals surface area contributed by atoms with Crippen molar-refractivity contribution in [2.75, 3.05) is 0 Å². The Bertz CT molecular complexity index is 892. The lowest BCUT2D eigenvalue weighted by molar-refractivity contribution is 0.587. The molecule has 0 aliphatic rings. The van der Waals surface area contributed by atoms with Crippen LogP contribution < -0.4 is 5.69 Å². The first-order valence-electron chi connectivity index (χ1n) is 5.61. The number of fused-ring (bicyclic) bond motifs is 1. The fraction of sp³-hybridized carbons (Fsp3) is 0. The van der Waals surface area contributed by atoms with Gasteiger partial charge in [0.25, 0.3) is 10.0 Å². The third-order valence-corrected chi connectivity index (χ3v) is 4.54. The Balaban J connectivity index is 2.37. The van der Waals surface area contributed by atoms with Crippen molar-refractivity contribution in [2.24, 2.45) is 0 Å². The van der Waals surface area contributed by atoms with Crippen molar-refractivity contribution in [3.05, 3.63) is 65.1 Å². The molecule has 1 aromatic heterocycles. The minimum absolute atomic E-state index is 0.0850. The number of H-pyrrole nitrogens is 1. The first-order valence-corrected chi connectivity index (χ1v) is 7.05. The van der Waals surface area contributed by atoms with E-state index in [1.54, 1.807) is 42.5 Å². The second kappa shape index (κ2) is 4.10. The lowest BCUT2D eigenvalue weighted by Crippen LogP contribution is -2.25. The average molecular weight is 274 g/mol. The van der Waals surface area contributed by atoms with Crippen molar-refractivity contribution in [3.63, 3.8) is 0 Å². The summed E-state index contributed by atoms with van der Waals surface area (Å²) in [6.07, 6.45) is 0. The molecule has 2 aromatic carbocycles. The Labute approximate surface area is 109 Å². The number of aromatic amines is 1. The first-order chi connectivity index (χ1) is 9.10. The van der Waals surface area contributed by atoms with E-state index in [9.17, 15) is 13.2 Å². The number of hydrogen-bond donors (Lipinski definition) is 1. The SMILES string of the molecule is O=c1[nH]c2ccccc2n1S(=O)(=O)c1ccccc1. The van der Waals surface area contributed by atoms with E-state index in [0.29, 0.717) is 11.0 Å². The van der Waals surface area contributed by atoms with Crippen molar-refractivity contribution >= 4 is 21.1 Å². The predicted octanol–water partition coefficient (Wildman–Crippen LogP) is 1.57. The van der Waals surface area contributed by atoms with Crippen LogP contribution >= 0.6 is 0 Å². The standard InChI is InChI=1S/C13H10N2O3S/c16-13-14-11-8-4-5-9-12(11)15(13)19(17,18)10-6-2-1-3-7-10/h1-9H,(H,14,16). The maximum absolute atomic E-state index is 12.5. The second-order valence-electron chi connectivity index (χ2n) is 4.03. The number of aromatic nitrogens is 2. The second-order valence-corrected chi connectivity index (χ2v) is 5.82. The van der Waals surface area contributed by atoms with Crippen LogP contribution in [0.25, 0.3) is 11.0 Å². The van der Waals surface area contributed by atoms with E-state index in [2.05, 4.69) is 4.98 Å². The van der Waals surface area contributed by atoms with Gasteiger partial charge in [0.15, 0.2) is 0 Å². The highest BCUT2D eigenvalue weighted by atomic mass is 32.2. The molecule has 0 bridgehead atoms. The molecule has 0 fully saturated rings. The minimum atomic E-state index is -3.88. The van der Waals surface area contributed by atoms with Crippen LogP contribution in [0, 0.1) is 0 Å². The maximum Gasteiger partial charge on any atom is 0.340 e. The molecule has 3 rings (SSSR count). The first kappa shape index (κ1) is 11.7. The summed E-state index contributed by atoms with van der Waals surface area (Å²) in [5, 5.41) is 0. The van der Waals surface area contributed by atoms with E-state index in [4.69, 9.17) is 0 Å². The van der Waals surface area contributed by atoms with Gasteiger partial charge in [0.1, 0.15) is 0 Å². The Morgan fingerprint density at radius 2 is 1.53 bits per heavy atom. The van der Waals surface area contributed by atoms with Crippen LogP contribution in [0.5, 0.6) is 0 Å². The molecule has 0 atom stereocenters. The number of nitrogens with zero attached hydrogens (tertiary/aromatic N) is 1. The fourth-order valence-electron chi connectivity index (χ4n) is 1.97. The molecule has 0 saturated heterocycles. The van der Waals surface area contributed by atoms with Gasteiger partial charge in [-0.2, -0.15) is 3.97 Å². The molecular formula is C13H10N2O3S. The van der Waals surface area contributed by atoms with Crippen LogP contribution in [0.3, 0.4) is 0 Å². The van der Waals surface area contributed by atoms with Crippen LogP contribution in [0.15, 0.2) is 64.3 Å². The van der Waals surface area contributed by atoms with Crippen LogP contribution in [-0.2, 0) is 10.0 Å². The molecule has 0 aliphatic carbocycles. The van der Waals surface area contributed by atoms with Gasteiger partial charge in [-0.3, -0.25) is 0 Å². The van der Waals surface area contributed by atoms with E-state index >= 15 is 0 Å². The maximum atomic E-state index is 12.5. The van der Waals surface area contributed by atoms with Gasteiger partial charge < -0.3 is 4.98 Å². The summed E-state index contributed by atoms with van der Waals surface area (Å²) < 4.78 is 25.7. The molecule has 0 spiro atoms. The van der Waals surface area contributed by atoms with Gasteiger partial charge in [0.05, 0.1) is 15.9 Å². The van der Waals surface area contributed by atoms with E-state index in [1.165, 1.54) is 12.1 Å². The number of nitrogens with one attached hydrogen (secondary N) is 1. The average Bonchev–Trinajstić information content (AvgIpc) is 2.76. The highest BCUT2D eigenvalue weighted by Gasteiger charge is 2.21. The molecule has 1 heterocycles. The van der Waals surface area contributed by atoms with Crippen LogP contribution in [0.2, 0.25) is 0 Å².